The molecule has 25 heavy (non-hydrogen) atoms. The van der Waals surface area contributed by atoms with E-state index in [9.17, 15) is 9.59 Å². The van der Waals surface area contributed by atoms with Crippen molar-refractivity contribution in [2.75, 3.05) is 6.26 Å². The predicted octanol–water partition coefficient (Wildman–Crippen LogP) is 3.68. The summed E-state index contributed by atoms with van der Waals surface area (Å²) in [5.74, 6) is 0.0303. The van der Waals surface area contributed by atoms with Crippen LogP contribution in [0.1, 0.15) is 32.0 Å². The van der Waals surface area contributed by atoms with Gasteiger partial charge in [-0.3, -0.25) is 20.4 Å². The second-order valence-corrected chi connectivity index (χ2v) is 6.43. The van der Waals surface area contributed by atoms with Gasteiger partial charge in [-0.05, 0) is 30.9 Å². The van der Waals surface area contributed by atoms with E-state index < -0.39 is 5.91 Å². The van der Waals surface area contributed by atoms with E-state index in [1.807, 2.05) is 49.6 Å². The fourth-order valence-electron chi connectivity index (χ4n) is 2.64. The van der Waals surface area contributed by atoms with Crippen LogP contribution in [0.5, 0.6) is 0 Å². The van der Waals surface area contributed by atoms with Crippen molar-refractivity contribution in [1.29, 1.82) is 0 Å². The first kappa shape index (κ1) is 17.1. The van der Waals surface area contributed by atoms with E-state index in [1.54, 1.807) is 23.9 Å². The van der Waals surface area contributed by atoms with Crippen LogP contribution in [0.4, 0.5) is 0 Å². The number of fused-ring (bicyclic) bond motifs is 1. The van der Waals surface area contributed by atoms with E-state index in [0.29, 0.717) is 16.9 Å². The Hall–Kier alpha value is -2.73. The van der Waals surface area contributed by atoms with Gasteiger partial charge in [0.2, 0.25) is 0 Å². The van der Waals surface area contributed by atoms with Crippen molar-refractivity contribution in [3.63, 3.8) is 0 Å². The highest BCUT2D eigenvalue weighted by Gasteiger charge is 2.20. The Morgan fingerprint density at radius 3 is 2.44 bits per heavy atom. The summed E-state index contributed by atoms with van der Waals surface area (Å²) in [5.41, 5.74) is 7.71. The summed E-state index contributed by atoms with van der Waals surface area (Å²) in [6.45, 7) is 1.84. The maximum atomic E-state index is 12.5. The maximum absolute atomic E-state index is 12.5. The molecule has 0 aliphatic rings. The monoisotopic (exact) mass is 354 g/mol. The van der Waals surface area contributed by atoms with Gasteiger partial charge in [0.25, 0.3) is 5.91 Å². The average Bonchev–Trinajstić information content (AvgIpc) is 2.99. The first-order valence-electron chi connectivity index (χ1n) is 7.77. The van der Waals surface area contributed by atoms with E-state index in [-0.39, 0.29) is 11.7 Å². The van der Waals surface area contributed by atoms with Crippen molar-refractivity contribution >= 4 is 34.5 Å². The Morgan fingerprint density at radius 2 is 1.68 bits per heavy atom. The van der Waals surface area contributed by atoms with Crippen molar-refractivity contribution < 1.29 is 14.0 Å². The van der Waals surface area contributed by atoms with Gasteiger partial charge in [0.05, 0.1) is 0 Å². The number of aryl methyl sites for hydroxylation is 1. The van der Waals surface area contributed by atoms with Gasteiger partial charge in [-0.25, -0.2) is 0 Å². The Morgan fingerprint density at radius 1 is 1.00 bits per heavy atom. The molecule has 1 heterocycles. The van der Waals surface area contributed by atoms with Crippen LogP contribution in [0.15, 0.2) is 52.9 Å². The highest BCUT2D eigenvalue weighted by molar-refractivity contribution is 7.97. The first-order valence-corrected chi connectivity index (χ1v) is 9.17. The van der Waals surface area contributed by atoms with E-state index >= 15 is 0 Å². The van der Waals surface area contributed by atoms with Crippen LogP contribution < -0.4 is 10.9 Å². The molecule has 6 heteroatoms. The minimum Gasteiger partial charge on any atom is -0.451 e. The molecule has 0 spiro atoms. The van der Waals surface area contributed by atoms with Gasteiger partial charge in [0.15, 0.2) is 5.76 Å². The van der Waals surface area contributed by atoms with Gasteiger partial charge < -0.3 is 4.42 Å². The summed E-state index contributed by atoms with van der Waals surface area (Å²) in [7, 11) is 0. The Bertz CT molecular complexity index is 933. The largest absolute Gasteiger partial charge is 0.451 e. The highest BCUT2D eigenvalue weighted by atomic mass is 32.2. The lowest BCUT2D eigenvalue weighted by Gasteiger charge is -2.08. The number of thioether (sulfide) groups is 1. The summed E-state index contributed by atoms with van der Waals surface area (Å²) in [6.07, 6.45) is 1.96. The summed E-state index contributed by atoms with van der Waals surface area (Å²) < 4.78 is 5.70. The van der Waals surface area contributed by atoms with E-state index in [2.05, 4.69) is 10.9 Å². The number of para-hydroxylation sites is 1. The fourth-order valence-corrected chi connectivity index (χ4v) is 3.21. The minimum atomic E-state index is -0.470. The molecule has 0 saturated heterocycles. The number of carbonyl (C=O) groups is 2. The quantitative estimate of drug-likeness (QED) is 0.701. The number of hydrogen-bond donors (Lipinski definition) is 2. The Labute approximate surface area is 149 Å². The molecule has 2 N–H and O–H groups in total. The molecule has 3 aromatic rings. The molecule has 0 fully saturated rings. The number of carbonyl (C=O) groups excluding carboxylic acids is 2. The van der Waals surface area contributed by atoms with E-state index in [1.165, 1.54) is 0 Å². The summed E-state index contributed by atoms with van der Waals surface area (Å²) in [6, 6.07) is 14.7. The van der Waals surface area contributed by atoms with E-state index in [0.717, 1.165) is 16.5 Å². The zero-order chi connectivity index (χ0) is 17.8. The van der Waals surface area contributed by atoms with Crippen molar-refractivity contribution in [3.8, 4) is 0 Å². The molecule has 1 aromatic heterocycles. The number of nitrogens with one attached hydrogen (secondary N) is 2. The molecule has 0 radical (unpaired) electrons. The normalized spacial score (nSPS) is 10.6. The number of hydrogen-bond acceptors (Lipinski definition) is 4. The molecule has 0 aliphatic heterocycles. The zero-order valence-electron chi connectivity index (χ0n) is 14.0. The third kappa shape index (κ3) is 3.53. The van der Waals surface area contributed by atoms with Gasteiger partial charge in [0.1, 0.15) is 5.58 Å². The molecule has 2 amide bonds. The summed E-state index contributed by atoms with van der Waals surface area (Å²) in [5, 5.41) is 0.909. The van der Waals surface area contributed by atoms with Crippen LogP contribution in [0, 0.1) is 6.92 Å². The van der Waals surface area contributed by atoms with Gasteiger partial charge in [-0.1, -0.05) is 36.4 Å². The van der Waals surface area contributed by atoms with Gasteiger partial charge in [-0.2, -0.15) is 11.8 Å². The fraction of sp³-hybridized carbons (Fsp3) is 0.158. The van der Waals surface area contributed by atoms with Crippen molar-refractivity contribution in [1.82, 2.24) is 10.9 Å². The van der Waals surface area contributed by atoms with Gasteiger partial charge in [-0.15, -0.1) is 0 Å². The molecule has 0 bridgehead atoms. The van der Waals surface area contributed by atoms with Crippen LogP contribution >= 0.6 is 11.8 Å². The standard InChI is InChI=1S/C19H18N2O3S/c1-12-7-3-4-8-13(12)18(22)20-21-19(23)17-15(11-25-2)14-9-5-6-10-16(14)24-17/h3-10H,11H2,1-2H3,(H,20,22)(H,21,23). The lowest BCUT2D eigenvalue weighted by molar-refractivity contribution is 0.0831. The first-order chi connectivity index (χ1) is 12.1. The molecule has 3 rings (SSSR count). The number of rotatable bonds is 4. The maximum Gasteiger partial charge on any atom is 0.305 e. The van der Waals surface area contributed by atoms with Crippen LogP contribution in [0.25, 0.3) is 11.0 Å². The second kappa shape index (κ2) is 7.44. The molecule has 0 atom stereocenters. The zero-order valence-corrected chi connectivity index (χ0v) is 14.8. The lowest BCUT2D eigenvalue weighted by Crippen LogP contribution is -2.42. The third-order valence-electron chi connectivity index (χ3n) is 3.87. The number of amides is 2. The second-order valence-electron chi connectivity index (χ2n) is 5.56. The SMILES string of the molecule is CSCc1c(C(=O)NNC(=O)c2ccccc2C)oc2ccccc12. The number of benzene rings is 2. The highest BCUT2D eigenvalue weighted by Crippen LogP contribution is 2.28. The predicted molar refractivity (Wildman–Crippen MR) is 99.5 cm³/mol. The summed E-state index contributed by atoms with van der Waals surface area (Å²) >= 11 is 1.60. The van der Waals surface area contributed by atoms with Crippen LogP contribution in [0.3, 0.4) is 0 Å². The molecular weight excluding hydrogens is 336 g/mol. The molecule has 0 aliphatic carbocycles. The van der Waals surface area contributed by atoms with Crippen molar-refractivity contribution in [2.45, 2.75) is 12.7 Å². The molecule has 5 nitrogen and oxygen atoms in total. The lowest BCUT2D eigenvalue weighted by atomic mass is 10.1. The Kier molecular flexibility index (Phi) is 5.09. The third-order valence-corrected chi connectivity index (χ3v) is 4.45. The van der Waals surface area contributed by atoms with E-state index in [4.69, 9.17) is 4.42 Å². The molecule has 0 saturated carbocycles. The van der Waals surface area contributed by atoms with Crippen LogP contribution in [-0.4, -0.2) is 18.1 Å². The van der Waals surface area contributed by atoms with Gasteiger partial charge in [0, 0.05) is 22.3 Å². The average molecular weight is 354 g/mol. The molecule has 0 unspecified atom stereocenters. The van der Waals surface area contributed by atoms with Crippen molar-refractivity contribution in [2.24, 2.45) is 0 Å². The van der Waals surface area contributed by atoms with Gasteiger partial charge >= 0.3 is 5.91 Å². The van der Waals surface area contributed by atoms with Crippen molar-refractivity contribution in [3.05, 3.63) is 71.0 Å². The Balaban J connectivity index is 1.79. The molecular formula is C19H18N2O3S. The van der Waals surface area contributed by atoms with Crippen LogP contribution in [0.2, 0.25) is 0 Å². The number of furan rings is 1. The summed E-state index contributed by atoms with van der Waals surface area (Å²) in [4.78, 5) is 24.7. The smallest absolute Gasteiger partial charge is 0.305 e. The molecule has 128 valence electrons. The van der Waals surface area contributed by atoms with Crippen LogP contribution in [-0.2, 0) is 5.75 Å². The number of hydrazine groups is 1. The minimum absolute atomic E-state index is 0.223. The topological polar surface area (TPSA) is 71.3 Å². The molecule has 2 aromatic carbocycles.